The normalized spacial score (nSPS) is 14.0. The van der Waals surface area contributed by atoms with Gasteiger partial charge in [0.2, 0.25) is 0 Å². The van der Waals surface area contributed by atoms with Crippen LogP contribution >= 0.6 is 7.37 Å². The molecule has 0 aliphatic rings. The second kappa shape index (κ2) is 5.08. The molecule has 3 nitrogen and oxygen atoms in total. The number of hydrogen-bond donors (Lipinski definition) is 0. The summed E-state index contributed by atoms with van der Waals surface area (Å²) in [5, 5.41) is 0.0810. The Morgan fingerprint density at radius 1 is 1.31 bits per heavy atom. The van der Waals surface area contributed by atoms with Gasteiger partial charge in [0.15, 0.2) is 5.52 Å². The van der Waals surface area contributed by atoms with E-state index in [4.69, 9.17) is 0 Å². The fourth-order valence-corrected chi connectivity index (χ4v) is 1.73. The molecule has 1 aromatic carbocycles. The molecule has 0 radical (unpaired) electrons. The van der Waals surface area contributed by atoms with E-state index >= 15 is 0 Å². The van der Waals surface area contributed by atoms with Gasteiger partial charge in [0, 0.05) is 12.2 Å². The van der Waals surface area contributed by atoms with Crippen LogP contribution in [0.2, 0.25) is 0 Å². The third-order valence-electron chi connectivity index (χ3n) is 1.51. The van der Waals surface area contributed by atoms with Crippen molar-refractivity contribution in [1.82, 2.24) is 0 Å². The Kier molecular flexibility index (Phi) is 5.11. The van der Waals surface area contributed by atoms with Crippen LogP contribution in [0.1, 0.15) is 6.92 Å². The zero-order valence-electron chi connectivity index (χ0n) is 7.56. The second-order valence-corrected chi connectivity index (χ2v) is 4.66. The van der Waals surface area contributed by atoms with Crippen LogP contribution in [0.3, 0.4) is 0 Å². The van der Waals surface area contributed by atoms with Crippen LogP contribution in [0.5, 0.6) is 0 Å². The SMILES string of the molecule is CC(=O)P(=O)([O-])c1ccccc1.[Na+]. The summed E-state index contributed by atoms with van der Waals surface area (Å²) < 4.78 is 11.2. The summed E-state index contributed by atoms with van der Waals surface area (Å²) in [6.07, 6.45) is 0. The topological polar surface area (TPSA) is 57.2 Å². The minimum atomic E-state index is -4.01. The van der Waals surface area contributed by atoms with Gasteiger partial charge >= 0.3 is 29.6 Å². The summed E-state index contributed by atoms with van der Waals surface area (Å²) >= 11 is 0. The van der Waals surface area contributed by atoms with E-state index in [1.165, 1.54) is 12.1 Å². The molecule has 64 valence electrons. The number of hydrogen-bond acceptors (Lipinski definition) is 3. The first kappa shape index (κ1) is 13.1. The zero-order chi connectivity index (χ0) is 9.19. The predicted octanol–water partition coefficient (Wildman–Crippen LogP) is -2.50. The quantitative estimate of drug-likeness (QED) is 0.397. The summed E-state index contributed by atoms with van der Waals surface area (Å²) in [5.41, 5.74) is -0.797. The standard InChI is InChI=1S/C8H9O3P.Na/c1-7(9)12(10,11)8-5-3-2-4-6-8;/h2-6H,1H3,(H,10,11);/q;+1/p-1. The fourth-order valence-electron chi connectivity index (χ4n) is 0.806. The molecule has 0 aliphatic heterocycles. The number of carbonyl (C=O) groups excluding carboxylic acids is 1. The summed E-state index contributed by atoms with van der Waals surface area (Å²) in [7, 11) is -4.01. The maximum absolute atomic E-state index is 11.2. The van der Waals surface area contributed by atoms with Gasteiger partial charge in [-0.05, 0) is 0 Å². The Labute approximate surface area is 98.9 Å². The van der Waals surface area contributed by atoms with Crippen molar-refractivity contribution >= 4 is 18.2 Å². The Bertz CT molecular complexity index is 337. The molecule has 5 heteroatoms. The van der Waals surface area contributed by atoms with Crippen LogP contribution in [0, 0.1) is 0 Å². The monoisotopic (exact) mass is 206 g/mol. The van der Waals surface area contributed by atoms with Crippen LogP contribution < -0.4 is 39.8 Å². The van der Waals surface area contributed by atoms with Gasteiger partial charge in [0.05, 0.1) is 0 Å². The van der Waals surface area contributed by atoms with Gasteiger partial charge in [0.1, 0.15) is 7.37 Å². The smallest absolute Gasteiger partial charge is 0.791 e. The first-order valence-corrected chi connectivity index (χ1v) is 5.05. The van der Waals surface area contributed by atoms with Crippen molar-refractivity contribution in [3.63, 3.8) is 0 Å². The van der Waals surface area contributed by atoms with Crippen molar-refractivity contribution in [2.24, 2.45) is 0 Å². The van der Waals surface area contributed by atoms with Gasteiger partial charge in [-0.25, -0.2) is 0 Å². The van der Waals surface area contributed by atoms with Crippen molar-refractivity contribution in [1.29, 1.82) is 0 Å². The van der Waals surface area contributed by atoms with Crippen molar-refractivity contribution in [3.8, 4) is 0 Å². The minimum Gasteiger partial charge on any atom is -0.791 e. The van der Waals surface area contributed by atoms with Crippen molar-refractivity contribution in [3.05, 3.63) is 30.3 Å². The molecule has 0 saturated heterocycles. The van der Waals surface area contributed by atoms with Gasteiger partial charge in [-0.3, -0.25) is 4.79 Å². The zero-order valence-corrected chi connectivity index (χ0v) is 10.5. The van der Waals surface area contributed by atoms with Gasteiger partial charge < -0.3 is 9.46 Å². The molecule has 0 aliphatic carbocycles. The number of carbonyl (C=O) groups is 1. The van der Waals surface area contributed by atoms with Crippen LogP contribution in [-0.2, 0) is 9.36 Å². The summed E-state index contributed by atoms with van der Waals surface area (Å²) in [6.45, 7) is 1.06. The Hall–Kier alpha value is 0.0800. The van der Waals surface area contributed by atoms with E-state index in [0.29, 0.717) is 0 Å². The van der Waals surface area contributed by atoms with E-state index in [2.05, 4.69) is 0 Å². The summed E-state index contributed by atoms with van der Waals surface area (Å²) in [6, 6.07) is 7.69. The third kappa shape index (κ3) is 3.04. The Morgan fingerprint density at radius 2 is 1.77 bits per heavy atom. The van der Waals surface area contributed by atoms with Crippen molar-refractivity contribution in [2.45, 2.75) is 6.92 Å². The number of rotatable bonds is 2. The van der Waals surface area contributed by atoms with Gasteiger partial charge in [-0.15, -0.1) is 0 Å². The van der Waals surface area contributed by atoms with Crippen LogP contribution in [-0.4, -0.2) is 5.52 Å². The van der Waals surface area contributed by atoms with Crippen LogP contribution in [0.4, 0.5) is 0 Å². The first-order chi connectivity index (χ1) is 5.55. The van der Waals surface area contributed by atoms with Gasteiger partial charge in [-0.1, -0.05) is 30.3 Å². The average Bonchev–Trinajstić information content (AvgIpc) is 2.06. The minimum absolute atomic E-state index is 0. The molecule has 1 aromatic rings. The van der Waals surface area contributed by atoms with E-state index < -0.39 is 12.9 Å². The molecule has 0 heterocycles. The molecule has 0 aromatic heterocycles. The first-order valence-electron chi connectivity index (χ1n) is 3.43. The predicted molar refractivity (Wildman–Crippen MR) is 44.4 cm³/mol. The van der Waals surface area contributed by atoms with Crippen molar-refractivity contribution < 1.29 is 43.8 Å². The molecule has 0 amide bonds. The Balaban J connectivity index is 0.00000144. The summed E-state index contributed by atoms with van der Waals surface area (Å²) in [5.74, 6) is 0. The van der Waals surface area contributed by atoms with E-state index in [1.54, 1.807) is 18.2 Å². The summed E-state index contributed by atoms with van der Waals surface area (Å²) in [4.78, 5) is 21.9. The molecule has 1 unspecified atom stereocenters. The maximum Gasteiger partial charge on any atom is 1.00 e. The molecule has 1 atom stereocenters. The fraction of sp³-hybridized carbons (Fsp3) is 0.125. The van der Waals surface area contributed by atoms with E-state index in [-0.39, 0.29) is 34.9 Å². The molecule has 0 fully saturated rings. The van der Waals surface area contributed by atoms with Crippen LogP contribution in [0.25, 0.3) is 0 Å². The van der Waals surface area contributed by atoms with Crippen molar-refractivity contribution in [2.75, 3.05) is 0 Å². The number of benzene rings is 1. The molecular formula is C8H8NaO3P. The van der Waals surface area contributed by atoms with Crippen LogP contribution in [0.15, 0.2) is 30.3 Å². The second-order valence-electron chi connectivity index (χ2n) is 2.41. The van der Waals surface area contributed by atoms with E-state index in [9.17, 15) is 14.3 Å². The average molecular weight is 206 g/mol. The Morgan fingerprint density at radius 3 is 2.15 bits per heavy atom. The molecule has 13 heavy (non-hydrogen) atoms. The molecule has 1 rings (SSSR count). The molecule has 0 spiro atoms. The molecule has 0 bridgehead atoms. The molecule has 0 N–H and O–H groups in total. The van der Waals surface area contributed by atoms with E-state index in [0.717, 1.165) is 6.92 Å². The van der Waals surface area contributed by atoms with Gasteiger partial charge in [0.25, 0.3) is 0 Å². The third-order valence-corrected chi connectivity index (χ3v) is 3.32. The molecule has 0 saturated carbocycles. The van der Waals surface area contributed by atoms with Gasteiger partial charge in [-0.2, -0.15) is 0 Å². The largest absolute Gasteiger partial charge is 1.00 e. The maximum atomic E-state index is 11.2. The van der Waals surface area contributed by atoms with E-state index in [1.807, 2.05) is 0 Å². The molecular weight excluding hydrogens is 198 g/mol.